The number of hydrogen-bond donors (Lipinski definition) is 2. The SMILES string of the molecule is CCOCCCNC(=O)C(c1ccc(C)cc1)N(Cc1cccs1)C(=O)CNC(=O)c1ccccc1. The smallest absolute Gasteiger partial charge is 0.251 e. The molecule has 1 heterocycles. The molecule has 7 nitrogen and oxygen atoms in total. The van der Waals surface area contributed by atoms with Crippen LogP contribution in [0.5, 0.6) is 0 Å². The van der Waals surface area contributed by atoms with Crippen molar-refractivity contribution < 1.29 is 19.1 Å². The molecule has 0 aliphatic carbocycles. The van der Waals surface area contributed by atoms with E-state index in [0.29, 0.717) is 37.3 Å². The molecule has 0 saturated carbocycles. The Morgan fingerprint density at radius 1 is 0.972 bits per heavy atom. The second-order valence-corrected chi connectivity index (χ2v) is 9.34. The van der Waals surface area contributed by atoms with Gasteiger partial charge < -0.3 is 20.3 Å². The predicted molar refractivity (Wildman–Crippen MR) is 142 cm³/mol. The fourth-order valence-corrected chi connectivity index (χ4v) is 4.39. The van der Waals surface area contributed by atoms with Crippen molar-refractivity contribution in [3.8, 4) is 0 Å². The number of thiophene rings is 1. The molecule has 36 heavy (non-hydrogen) atoms. The highest BCUT2D eigenvalue weighted by molar-refractivity contribution is 7.09. The molecule has 8 heteroatoms. The third-order valence-corrected chi connectivity index (χ3v) is 6.45. The molecule has 1 atom stereocenters. The average molecular weight is 508 g/mol. The summed E-state index contributed by atoms with van der Waals surface area (Å²) < 4.78 is 5.37. The van der Waals surface area contributed by atoms with Crippen molar-refractivity contribution in [1.29, 1.82) is 0 Å². The Morgan fingerprint density at radius 3 is 2.39 bits per heavy atom. The van der Waals surface area contributed by atoms with Gasteiger partial charge in [0.05, 0.1) is 13.1 Å². The van der Waals surface area contributed by atoms with Crippen molar-refractivity contribution in [3.63, 3.8) is 0 Å². The van der Waals surface area contributed by atoms with Gasteiger partial charge in [0, 0.05) is 30.2 Å². The maximum atomic E-state index is 13.5. The minimum absolute atomic E-state index is 0.223. The van der Waals surface area contributed by atoms with E-state index < -0.39 is 6.04 Å². The molecule has 2 aromatic carbocycles. The Kier molecular flexibility index (Phi) is 10.7. The maximum absolute atomic E-state index is 13.5. The van der Waals surface area contributed by atoms with Crippen LogP contribution in [0.1, 0.15) is 45.7 Å². The first-order chi connectivity index (χ1) is 17.5. The van der Waals surface area contributed by atoms with Crippen molar-refractivity contribution in [3.05, 3.63) is 93.7 Å². The van der Waals surface area contributed by atoms with Crippen LogP contribution in [0.2, 0.25) is 0 Å². The van der Waals surface area contributed by atoms with E-state index in [1.54, 1.807) is 29.2 Å². The van der Waals surface area contributed by atoms with Gasteiger partial charge in [-0.25, -0.2) is 0 Å². The Balaban J connectivity index is 1.83. The highest BCUT2D eigenvalue weighted by Gasteiger charge is 2.31. The van der Waals surface area contributed by atoms with Crippen LogP contribution in [0.25, 0.3) is 0 Å². The number of ether oxygens (including phenoxy) is 1. The summed E-state index contributed by atoms with van der Waals surface area (Å²) in [4.78, 5) is 42.0. The van der Waals surface area contributed by atoms with Crippen LogP contribution in [-0.2, 0) is 20.9 Å². The zero-order valence-corrected chi connectivity index (χ0v) is 21.6. The molecule has 190 valence electrons. The molecule has 0 saturated heterocycles. The van der Waals surface area contributed by atoms with E-state index in [1.807, 2.05) is 61.7 Å². The van der Waals surface area contributed by atoms with Crippen LogP contribution in [0.4, 0.5) is 0 Å². The monoisotopic (exact) mass is 507 g/mol. The van der Waals surface area contributed by atoms with Crippen LogP contribution >= 0.6 is 11.3 Å². The Hall–Kier alpha value is -3.49. The minimum Gasteiger partial charge on any atom is -0.382 e. The van der Waals surface area contributed by atoms with E-state index in [2.05, 4.69) is 10.6 Å². The average Bonchev–Trinajstić information content (AvgIpc) is 3.41. The first-order valence-electron chi connectivity index (χ1n) is 12.1. The fraction of sp³-hybridized carbons (Fsp3) is 0.321. The molecule has 0 fully saturated rings. The molecular formula is C28H33N3O4S. The van der Waals surface area contributed by atoms with Gasteiger partial charge >= 0.3 is 0 Å². The van der Waals surface area contributed by atoms with Crippen molar-refractivity contribution in [1.82, 2.24) is 15.5 Å². The van der Waals surface area contributed by atoms with Gasteiger partial charge in [0.25, 0.3) is 5.91 Å². The molecular weight excluding hydrogens is 474 g/mol. The summed E-state index contributed by atoms with van der Waals surface area (Å²) >= 11 is 1.51. The fourth-order valence-electron chi connectivity index (χ4n) is 3.69. The number of amides is 3. The second kappa shape index (κ2) is 14.2. The lowest BCUT2D eigenvalue weighted by atomic mass is 10.0. The van der Waals surface area contributed by atoms with Gasteiger partial charge in [-0.2, -0.15) is 0 Å². The molecule has 0 aliphatic rings. The second-order valence-electron chi connectivity index (χ2n) is 8.30. The van der Waals surface area contributed by atoms with Gasteiger partial charge in [-0.1, -0.05) is 54.1 Å². The molecule has 2 N–H and O–H groups in total. The minimum atomic E-state index is -0.846. The van der Waals surface area contributed by atoms with E-state index in [-0.39, 0.29) is 30.8 Å². The molecule has 0 aliphatic heterocycles. The zero-order valence-electron chi connectivity index (χ0n) is 20.7. The summed E-state index contributed by atoms with van der Waals surface area (Å²) in [5, 5.41) is 7.60. The van der Waals surface area contributed by atoms with Crippen LogP contribution in [0.15, 0.2) is 72.1 Å². The van der Waals surface area contributed by atoms with Gasteiger partial charge in [0.2, 0.25) is 11.8 Å². The lowest BCUT2D eigenvalue weighted by Gasteiger charge is -2.31. The van der Waals surface area contributed by atoms with Crippen LogP contribution in [-0.4, -0.2) is 48.9 Å². The quantitative estimate of drug-likeness (QED) is 0.341. The largest absolute Gasteiger partial charge is 0.382 e. The van der Waals surface area contributed by atoms with Gasteiger partial charge in [-0.15, -0.1) is 11.3 Å². The number of benzene rings is 2. The van der Waals surface area contributed by atoms with Crippen LogP contribution in [0.3, 0.4) is 0 Å². The summed E-state index contributed by atoms with van der Waals surface area (Å²) in [6.45, 7) is 5.54. The third kappa shape index (κ3) is 8.03. The number of hydrogen-bond acceptors (Lipinski definition) is 5. The summed E-state index contributed by atoms with van der Waals surface area (Å²) in [5.74, 6) is -0.954. The van der Waals surface area contributed by atoms with Gasteiger partial charge in [0.1, 0.15) is 6.04 Å². The van der Waals surface area contributed by atoms with Crippen molar-refractivity contribution in [2.45, 2.75) is 32.9 Å². The number of carbonyl (C=O) groups excluding carboxylic acids is 3. The molecule has 3 aromatic rings. The number of nitrogens with one attached hydrogen (secondary N) is 2. The number of rotatable bonds is 13. The lowest BCUT2D eigenvalue weighted by molar-refractivity contribution is -0.140. The van der Waals surface area contributed by atoms with Crippen molar-refractivity contribution in [2.75, 3.05) is 26.3 Å². The van der Waals surface area contributed by atoms with Crippen LogP contribution in [0, 0.1) is 6.92 Å². The van der Waals surface area contributed by atoms with Gasteiger partial charge in [-0.05, 0) is 49.4 Å². The summed E-state index contributed by atoms with van der Waals surface area (Å²) in [5.41, 5.74) is 2.24. The molecule has 0 radical (unpaired) electrons. The summed E-state index contributed by atoms with van der Waals surface area (Å²) in [7, 11) is 0. The molecule has 1 unspecified atom stereocenters. The van der Waals surface area contributed by atoms with E-state index >= 15 is 0 Å². The molecule has 0 spiro atoms. The highest BCUT2D eigenvalue weighted by atomic mass is 32.1. The van der Waals surface area contributed by atoms with E-state index in [9.17, 15) is 14.4 Å². The maximum Gasteiger partial charge on any atom is 0.251 e. The first-order valence-corrected chi connectivity index (χ1v) is 12.9. The van der Waals surface area contributed by atoms with E-state index in [1.165, 1.54) is 11.3 Å². The zero-order chi connectivity index (χ0) is 25.8. The molecule has 3 rings (SSSR count). The third-order valence-electron chi connectivity index (χ3n) is 5.58. The van der Waals surface area contributed by atoms with E-state index in [0.717, 1.165) is 10.4 Å². The Labute approximate surface area is 216 Å². The number of nitrogens with zero attached hydrogens (tertiary/aromatic N) is 1. The Morgan fingerprint density at radius 2 is 1.72 bits per heavy atom. The molecule has 1 aromatic heterocycles. The van der Waals surface area contributed by atoms with Crippen molar-refractivity contribution in [2.24, 2.45) is 0 Å². The van der Waals surface area contributed by atoms with E-state index in [4.69, 9.17) is 4.74 Å². The number of aryl methyl sites for hydroxylation is 1. The summed E-state index contributed by atoms with van der Waals surface area (Å²) in [6.07, 6.45) is 0.673. The van der Waals surface area contributed by atoms with Crippen LogP contribution < -0.4 is 10.6 Å². The highest BCUT2D eigenvalue weighted by Crippen LogP contribution is 2.25. The Bertz CT molecular complexity index is 1100. The normalized spacial score (nSPS) is 11.5. The molecule has 3 amide bonds. The molecule has 0 bridgehead atoms. The van der Waals surface area contributed by atoms with Gasteiger partial charge in [0.15, 0.2) is 0 Å². The van der Waals surface area contributed by atoms with Gasteiger partial charge in [-0.3, -0.25) is 14.4 Å². The van der Waals surface area contributed by atoms with Crippen molar-refractivity contribution >= 4 is 29.1 Å². The first kappa shape index (κ1) is 27.1. The number of carbonyl (C=O) groups is 3. The topological polar surface area (TPSA) is 87.7 Å². The standard InChI is InChI=1S/C28H33N3O4S/c1-3-35-17-8-16-29-28(34)26(22-14-12-21(2)13-15-22)31(20-24-11-7-18-36-24)25(32)19-30-27(33)23-9-5-4-6-10-23/h4-7,9-15,18,26H,3,8,16-17,19-20H2,1-2H3,(H,29,34)(H,30,33). The summed E-state index contributed by atoms with van der Waals surface area (Å²) in [6, 6.07) is 19.3. The lowest BCUT2D eigenvalue weighted by Crippen LogP contribution is -2.47. The predicted octanol–water partition coefficient (Wildman–Crippen LogP) is 4.10.